The molecule has 0 fully saturated rings. The minimum Gasteiger partial charge on any atom is -0.398 e. The summed E-state index contributed by atoms with van der Waals surface area (Å²) in [5.41, 5.74) is 11.7. The second-order valence-electron chi connectivity index (χ2n) is 2.24. The fraction of sp³-hybridized carbons (Fsp3) is 0.250. The molecule has 0 bridgehead atoms. The molecule has 0 aromatic carbocycles. The molecule has 0 aliphatic carbocycles. The third-order valence-electron chi connectivity index (χ3n) is 1.19. The first kappa shape index (κ1) is 8.82. The first-order valence-electron chi connectivity index (χ1n) is 3.12. The molecule has 0 aromatic rings. The van der Waals surface area contributed by atoms with E-state index < -0.39 is 0 Å². The van der Waals surface area contributed by atoms with Crippen molar-refractivity contribution in [2.75, 3.05) is 0 Å². The zero-order valence-corrected chi connectivity index (χ0v) is 6.30. The fourth-order valence-corrected chi connectivity index (χ4v) is 0.458. The van der Waals surface area contributed by atoms with Gasteiger partial charge in [0.1, 0.15) is 0 Å². The Balaban J connectivity index is 4.15. The molecule has 0 radical (unpaired) electrons. The van der Waals surface area contributed by atoms with Gasteiger partial charge in [-0.2, -0.15) is 0 Å². The monoisotopic (exact) mass is 138 g/mol. The number of rotatable bonds is 3. The Labute approximate surface area is 61.9 Å². The van der Waals surface area contributed by atoms with E-state index in [0.29, 0.717) is 11.4 Å². The van der Waals surface area contributed by atoms with E-state index in [4.69, 9.17) is 11.5 Å². The molecule has 1 atom stereocenters. The highest BCUT2D eigenvalue weighted by Crippen LogP contribution is 2.02. The Kier molecular flexibility index (Phi) is 3.33. The normalized spacial score (nSPS) is 14.3. The lowest BCUT2D eigenvalue weighted by Gasteiger charge is -2.01. The summed E-state index contributed by atoms with van der Waals surface area (Å²) >= 11 is 0. The number of allylic oxidation sites excluding steroid dienone is 2. The van der Waals surface area contributed by atoms with Gasteiger partial charge in [0.05, 0.1) is 5.70 Å². The van der Waals surface area contributed by atoms with Crippen molar-refractivity contribution in [3.05, 3.63) is 36.7 Å². The lowest BCUT2D eigenvalue weighted by Crippen LogP contribution is -2.08. The molecule has 1 unspecified atom stereocenters. The van der Waals surface area contributed by atoms with E-state index in [1.807, 2.05) is 13.0 Å². The van der Waals surface area contributed by atoms with Gasteiger partial charge in [-0.25, -0.2) is 0 Å². The average Bonchev–Trinajstić information content (AvgIpc) is 1.87. The van der Waals surface area contributed by atoms with Gasteiger partial charge in [0.15, 0.2) is 0 Å². The van der Waals surface area contributed by atoms with Crippen LogP contribution < -0.4 is 11.5 Å². The molecular weight excluding hydrogens is 124 g/mol. The van der Waals surface area contributed by atoms with E-state index >= 15 is 0 Å². The molecule has 0 spiro atoms. The van der Waals surface area contributed by atoms with Crippen LogP contribution in [0.15, 0.2) is 36.7 Å². The van der Waals surface area contributed by atoms with Crippen molar-refractivity contribution in [3.8, 4) is 0 Å². The van der Waals surface area contributed by atoms with E-state index in [0.717, 1.165) is 0 Å². The smallest absolute Gasteiger partial charge is 0.0506 e. The molecule has 0 aliphatic rings. The number of nitrogens with two attached hydrogens (primary N) is 2. The first-order valence-corrected chi connectivity index (χ1v) is 3.12. The largest absolute Gasteiger partial charge is 0.398 e. The summed E-state index contributed by atoms with van der Waals surface area (Å²) < 4.78 is 0. The van der Waals surface area contributed by atoms with E-state index in [2.05, 4.69) is 13.2 Å². The van der Waals surface area contributed by atoms with E-state index in [9.17, 15) is 0 Å². The standard InChI is InChI=1S/C8H14N2/c1-4-6(2)5-8(10)7(3)9/h4-6H,1,3,9-10H2,2H3/b8-5+. The second kappa shape index (κ2) is 3.77. The van der Waals surface area contributed by atoms with Crippen LogP contribution >= 0.6 is 0 Å². The molecule has 2 nitrogen and oxygen atoms in total. The second-order valence-corrected chi connectivity index (χ2v) is 2.24. The predicted octanol–water partition coefficient (Wildman–Crippen LogP) is 1.12. The molecule has 0 heterocycles. The highest BCUT2D eigenvalue weighted by atomic mass is 14.7. The summed E-state index contributed by atoms with van der Waals surface area (Å²) in [5, 5.41) is 0. The molecule has 0 amide bonds. The lowest BCUT2D eigenvalue weighted by molar-refractivity contribution is 0.925. The van der Waals surface area contributed by atoms with Crippen molar-refractivity contribution in [3.63, 3.8) is 0 Å². The fourth-order valence-electron chi connectivity index (χ4n) is 0.458. The molecule has 4 N–H and O–H groups in total. The highest BCUT2D eigenvalue weighted by Gasteiger charge is 1.93. The maximum atomic E-state index is 5.48. The zero-order valence-electron chi connectivity index (χ0n) is 6.30. The predicted molar refractivity (Wildman–Crippen MR) is 45.0 cm³/mol. The minimum absolute atomic E-state index is 0.250. The first-order chi connectivity index (χ1) is 4.57. The third-order valence-corrected chi connectivity index (χ3v) is 1.19. The van der Waals surface area contributed by atoms with Crippen molar-refractivity contribution in [1.82, 2.24) is 0 Å². The van der Waals surface area contributed by atoms with Gasteiger partial charge >= 0.3 is 0 Å². The summed E-state index contributed by atoms with van der Waals surface area (Å²) in [6.07, 6.45) is 3.60. The number of hydrogen-bond donors (Lipinski definition) is 2. The van der Waals surface area contributed by atoms with Gasteiger partial charge in [0, 0.05) is 5.70 Å². The molecule has 0 rings (SSSR count). The molecule has 2 heteroatoms. The zero-order chi connectivity index (χ0) is 8.15. The van der Waals surface area contributed by atoms with E-state index in [1.165, 1.54) is 0 Å². The van der Waals surface area contributed by atoms with E-state index in [-0.39, 0.29) is 5.92 Å². The quantitative estimate of drug-likeness (QED) is 0.453. The molecular formula is C8H14N2. The van der Waals surface area contributed by atoms with Crippen molar-refractivity contribution >= 4 is 0 Å². The van der Waals surface area contributed by atoms with Gasteiger partial charge in [-0.3, -0.25) is 0 Å². The summed E-state index contributed by atoms with van der Waals surface area (Å²) in [6, 6.07) is 0. The van der Waals surface area contributed by atoms with Crippen LogP contribution in [0.4, 0.5) is 0 Å². The molecule has 0 aliphatic heterocycles. The molecule has 0 saturated carbocycles. The maximum absolute atomic E-state index is 5.48. The van der Waals surface area contributed by atoms with Gasteiger partial charge < -0.3 is 11.5 Å². The summed E-state index contributed by atoms with van der Waals surface area (Å²) in [6.45, 7) is 9.07. The van der Waals surface area contributed by atoms with Gasteiger partial charge in [-0.05, 0) is 5.92 Å². The van der Waals surface area contributed by atoms with Crippen LogP contribution in [0.5, 0.6) is 0 Å². The van der Waals surface area contributed by atoms with Crippen LogP contribution in [0.1, 0.15) is 6.92 Å². The molecule has 0 aromatic heterocycles. The van der Waals surface area contributed by atoms with Crippen LogP contribution in [0, 0.1) is 5.92 Å². The summed E-state index contributed by atoms with van der Waals surface area (Å²) in [7, 11) is 0. The van der Waals surface area contributed by atoms with Gasteiger partial charge in [0.2, 0.25) is 0 Å². The van der Waals surface area contributed by atoms with Crippen molar-refractivity contribution in [2.24, 2.45) is 17.4 Å². The van der Waals surface area contributed by atoms with Crippen molar-refractivity contribution in [2.45, 2.75) is 6.92 Å². The van der Waals surface area contributed by atoms with Crippen LogP contribution in [0.3, 0.4) is 0 Å². The van der Waals surface area contributed by atoms with Crippen LogP contribution in [-0.4, -0.2) is 0 Å². The summed E-state index contributed by atoms with van der Waals surface area (Å²) in [5.74, 6) is 0.250. The van der Waals surface area contributed by atoms with Gasteiger partial charge in [-0.15, -0.1) is 6.58 Å². The Morgan fingerprint density at radius 2 is 2.00 bits per heavy atom. The SMILES string of the molecule is C=CC(C)/C=C(/N)C(=C)N. The average molecular weight is 138 g/mol. The van der Waals surface area contributed by atoms with Gasteiger partial charge in [-0.1, -0.05) is 25.7 Å². The molecule has 56 valence electrons. The Hall–Kier alpha value is -1.18. The molecule has 0 saturated heterocycles. The van der Waals surface area contributed by atoms with Gasteiger partial charge in [0.25, 0.3) is 0 Å². The van der Waals surface area contributed by atoms with Crippen LogP contribution in [0.25, 0.3) is 0 Å². The van der Waals surface area contributed by atoms with Crippen molar-refractivity contribution in [1.29, 1.82) is 0 Å². The number of hydrogen-bond acceptors (Lipinski definition) is 2. The Morgan fingerprint density at radius 3 is 2.30 bits per heavy atom. The lowest BCUT2D eigenvalue weighted by atomic mass is 10.1. The van der Waals surface area contributed by atoms with E-state index in [1.54, 1.807) is 6.08 Å². The maximum Gasteiger partial charge on any atom is 0.0506 e. The Morgan fingerprint density at radius 1 is 1.50 bits per heavy atom. The topological polar surface area (TPSA) is 52.0 Å². The third kappa shape index (κ3) is 2.97. The summed E-state index contributed by atoms with van der Waals surface area (Å²) in [4.78, 5) is 0. The molecule has 10 heavy (non-hydrogen) atoms. The Bertz CT molecular complexity index is 168. The minimum atomic E-state index is 0.250. The highest BCUT2D eigenvalue weighted by molar-refractivity contribution is 5.23. The van der Waals surface area contributed by atoms with Crippen molar-refractivity contribution < 1.29 is 0 Å². The van der Waals surface area contributed by atoms with Crippen LogP contribution in [-0.2, 0) is 0 Å². The van der Waals surface area contributed by atoms with Crippen LogP contribution in [0.2, 0.25) is 0 Å².